The van der Waals surface area contributed by atoms with Crippen molar-refractivity contribution in [1.82, 2.24) is 19.3 Å². The molecular formula is C27H18Cl2N6O2S. The number of benzene rings is 1. The van der Waals surface area contributed by atoms with E-state index in [1.54, 1.807) is 54.9 Å². The van der Waals surface area contributed by atoms with Gasteiger partial charge in [0.15, 0.2) is 0 Å². The average molecular weight is 561 g/mol. The quantitative estimate of drug-likeness (QED) is 0.274. The molecular weight excluding hydrogens is 543 g/mol. The molecule has 5 aromatic rings. The Balaban J connectivity index is 1.55. The number of hydrogen-bond donors (Lipinski definition) is 1. The predicted octanol–water partition coefficient (Wildman–Crippen LogP) is 5.70. The third-order valence-electron chi connectivity index (χ3n) is 5.68. The van der Waals surface area contributed by atoms with Gasteiger partial charge in [0.05, 0.1) is 39.3 Å². The lowest BCUT2D eigenvalue weighted by Gasteiger charge is -2.09. The van der Waals surface area contributed by atoms with Crippen LogP contribution in [0.5, 0.6) is 0 Å². The average Bonchev–Trinajstić information content (AvgIpc) is 3.55. The van der Waals surface area contributed by atoms with E-state index in [-0.39, 0.29) is 28.3 Å². The van der Waals surface area contributed by atoms with Crippen molar-refractivity contribution in [1.29, 1.82) is 5.26 Å². The number of thiophene rings is 1. The van der Waals surface area contributed by atoms with E-state index in [0.717, 1.165) is 10.4 Å². The molecule has 0 aliphatic heterocycles. The van der Waals surface area contributed by atoms with Crippen LogP contribution in [0.15, 0.2) is 84.0 Å². The Kier molecular flexibility index (Phi) is 7.38. The van der Waals surface area contributed by atoms with Gasteiger partial charge < -0.3 is 9.88 Å². The van der Waals surface area contributed by atoms with Crippen molar-refractivity contribution in [2.45, 2.75) is 13.1 Å². The molecule has 0 unspecified atom stereocenters. The molecule has 0 bridgehead atoms. The number of carbonyl (C=O) groups is 1. The van der Waals surface area contributed by atoms with Gasteiger partial charge >= 0.3 is 0 Å². The van der Waals surface area contributed by atoms with E-state index in [1.165, 1.54) is 32.8 Å². The van der Waals surface area contributed by atoms with Crippen molar-refractivity contribution in [3.05, 3.63) is 121 Å². The van der Waals surface area contributed by atoms with Crippen molar-refractivity contribution in [2.75, 3.05) is 5.32 Å². The van der Waals surface area contributed by atoms with Gasteiger partial charge in [0, 0.05) is 41.2 Å². The summed E-state index contributed by atoms with van der Waals surface area (Å²) in [5.41, 5.74) is 1.60. The fourth-order valence-electron chi connectivity index (χ4n) is 3.85. The van der Waals surface area contributed by atoms with Crippen molar-refractivity contribution in [2.24, 2.45) is 0 Å². The van der Waals surface area contributed by atoms with Gasteiger partial charge in [-0.05, 0) is 35.9 Å². The zero-order valence-corrected chi connectivity index (χ0v) is 22.0. The Bertz CT molecular complexity index is 1740. The monoisotopic (exact) mass is 560 g/mol. The Morgan fingerprint density at radius 3 is 2.66 bits per heavy atom. The van der Waals surface area contributed by atoms with E-state index < -0.39 is 5.91 Å². The Hall–Kier alpha value is -4.23. The Morgan fingerprint density at radius 1 is 1.11 bits per heavy atom. The normalized spacial score (nSPS) is 10.8. The molecule has 4 aromatic heterocycles. The molecule has 1 N–H and O–H groups in total. The number of nitrogens with zero attached hydrogens (tertiary/aromatic N) is 5. The highest BCUT2D eigenvalue weighted by atomic mass is 35.5. The lowest BCUT2D eigenvalue weighted by atomic mass is 10.1. The maximum absolute atomic E-state index is 13.4. The summed E-state index contributed by atoms with van der Waals surface area (Å²) in [6.07, 6.45) is 4.79. The zero-order valence-electron chi connectivity index (χ0n) is 19.6. The molecule has 0 spiro atoms. The van der Waals surface area contributed by atoms with Crippen LogP contribution >= 0.6 is 34.5 Å². The number of hydrogen-bond acceptors (Lipinski definition) is 7. The molecule has 5 rings (SSSR count). The lowest BCUT2D eigenvalue weighted by Crippen LogP contribution is -2.20. The van der Waals surface area contributed by atoms with E-state index in [4.69, 9.17) is 23.2 Å². The third-order valence-corrected chi connectivity index (χ3v) is 7.24. The van der Waals surface area contributed by atoms with Gasteiger partial charge in [-0.15, -0.1) is 11.3 Å². The number of rotatable bonds is 7. The molecule has 188 valence electrons. The maximum atomic E-state index is 13.4. The van der Waals surface area contributed by atoms with Crippen molar-refractivity contribution in [3.8, 4) is 17.3 Å². The summed E-state index contributed by atoms with van der Waals surface area (Å²) in [6, 6.07) is 19.1. The summed E-state index contributed by atoms with van der Waals surface area (Å²) in [4.78, 5) is 31.4. The summed E-state index contributed by atoms with van der Waals surface area (Å²) in [7, 11) is 0. The van der Waals surface area contributed by atoms with Gasteiger partial charge in [-0.25, -0.2) is 0 Å². The summed E-state index contributed by atoms with van der Waals surface area (Å²) < 4.78 is 3.27. The van der Waals surface area contributed by atoms with Crippen LogP contribution in [0.4, 0.5) is 5.82 Å². The molecule has 8 nitrogen and oxygen atoms in total. The second-order valence-electron chi connectivity index (χ2n) is 8.21. The lowest BCUT2D eigenvalue weighted by molar-refractivity contribution is 0.0948. The second kappa shape index (κ2) is 11.0. The smallest absolute Gasteiger partial charge is 0.281 e. The molecule has 11 heteroatoms. The van der Waals surface area contributed by atoms with Crippen LogP contribution in [-0.2, 0) is 13.1 Å². The first-order valence-electron chi connectivity index (χ1n) is 11.3. The van der Waals surface area contributed by atoms with E-state index >= 15 is 0 Å². The Labute approximate surface area is 231 Å². The summed E-state index contributed by atoms with van der Waals surface area (Å²) in [6.45, 7) is 0.646. The molecule has 0 fully saturated rings. The first kappa shape index (κ1) is 25.4. The number of aromatic nitrogens is 4. The number of carbonyl (C=O) groups excluding carboxylic acids is 1. The standard InChI is InChI=1S/C27H18Cl2N6O2S/c28-22-6-2-1-5-20(22)27(37)35-25(32-14-19-7-8-24(29)38-19)11-23(33-35)21-10-26(36)34(16-18(21)12-30)15-17-4-3-9-31-13-17/h1-11,13,16,32H,14-15H2. The van der Waals surface area contributed by atoms with Crippen molar-refractivity contribution in [3.63, 3.8) is 0 Å². The molecule has 0 aliphatic carbocycles. The minimum Gasteiger partial charge on any atom is -0.365 e. The summed E-state index contributed by atoms with van der Waals surface area (Å²) in [5.74, 6) is -0.0881. The molecule has 0 amide bonds. The third kappa shape index (κ3) is 5.38. The number of halogens is 2. The van der Waals surface area contributed by atoms with Gasteiger partial charge in [0.1, 0.15) is 11.9 Å². The summed E-state index contributed by atoms with van der Waals surface area (Å²) >= 11 is 13.8. The molecule has 0 saturated heterocycles. The van der Waals surface area contributed by atoms with Crippen LogP contribution in [0.25, 0.3) is 11.3 Å². The first-order chi connectivity index (χ1) is 18.4. The first-order valence-corrected chi connectivity index (χ1v) is 12.9. The second-order valence-corrected chi connectivity index (χ2v) is 10.4. The van der Waals surface area contributed by atoms with Gasteiger partial charge in [-0.1, -0.05) is 41.4 Å². The van der Waals surface area contributed by atoms with Crippen LogP contribution in [-0.4, -0.2) is 25.2 Å². The molecule has 38 heavy (non-hydrogen) atoms. The minimum atomic E-state index is -0.461. The van der Waals surface area contributed by atoms with E-state index in [1.807, 2.05) is 12.1 Å². The van der Waals surface area contributed by atoms with Crippen LogP contribution in [0.3, 0.4) is 0 Å². The topological polar surface area (TPSA) is 106 Å². The molecule has 4 heterocycles. The van der Waals surface area contributed by atoms with Crippen molar-refractivity contribution >= 4 is 46.3 Å². The number of pyridine rings is 2. The minimum absolute atomic E-state index is 0.236. The molecule has 1 aromatic carbocycles. The summed E-state index contributed by atoms with van der Waals surface area (Å²) in [5, 5.41) is 17.9. The largest absolute Gasteiger partial charge is 0.365 e. The fraction of sp³-hybridized carbons (Fsp3) is 0.0741. The van der Waals surface area contributed by atoms with E-state index in [2.05, 4.69) is 21.5 Å². The highest BCUT2D eigenvalue weighted by Gasteiger charge is 2.21. The fourth-order valence-corrected chi connectivity index (χ4v) is 5.10. The van der Waals surface area contributed by atoms with Crippen LogP contribution in [0, 0.1) is 11.3 Å². The van der Waals surface area contributed by atoms with Crippen LogP contribution < -0.4 is 10.9 Å². The predicted molar refractivity (Wildman–Crippen MR) is 148 cm³/mol. The zero-order chi connectivity index (χ0) is 26.6. The van der Waals surface area contributed by atoms with Gasteiger partial charge in [0.25, 0.3) is 11.5 Å². The molecule has 0 atom stereocenters. The number of anilines is 1. The highest BCUT2D eigenvalue weighted by Crippen LogP contribution is 2.28. The highest BCUT2D eigenvalue weighted by molar-refractivity contribution is 7.16. The SMILES string of the molecule is N#Cc1cn(Cc2cccnc2)c(=O)cc1-c1cc(NCc2ccc(Cl)s2)n(C(=O)c2ccccc2Cl)n1. The number of nitrogens with one attached hydrogen (secondary N) is 1. The van der Waals surface area contributed by atoms with Gasteiger partial charge in [-0.3, -0.25) is 14.6 Å². The van der Waals surface area contributed by atoms with Crippen LogP contribution in [0.1, 0.15) is 26.4 Å². The molecule has 0 radical (unpaired) electrons. The van der Waals surface area contributed by atoms with Crippen molar-refractivity contribution < 1.29 is 4.79 Å². The molecule has 0 saturated carbocycles. The van der Waals surface area contributed by atoms with E-state index in [9.17, 15) is 14.9 Å². The molecule has 0 aliphatic rings. The van der Waals surface area contributed by atoms with Gasteiger partial charge in [-0.2, -0.15) is 15.0 Å². The van der Waals surface area contributed by atoms with Gasteiger partial charge in [0.2, 0.25) is 0 Å². The maximum Gasteiger partial charge on any atom is 0.281 e. The van der Waals surface area contributed by atoms with E-state index in [0.29, 0.717) is 28.0 Å². The Morgan fingerprint density at radius 2 is 1.95 bits per heavy atom. The number of nitriles is 1. The van der Waals surface area contributed by atoms with Crippen LogP contribution in [0.2, 0.25) is 9.36 Å².